The number of halogens is 1. The van der Waals surface area contributed by atoms with Gasteiger partial charge in [-0.25, -0.2) is 0 Å². The molecule has 2 aromatic carbocycles. The minimum atomic E-state index is -0.727. The van der Waals surface area contributed by atoms with E-state index in [2.05, 4.69) is 47.4 Å². The van der Waals surface area contributed by atoms with Gasteiger partial charge in [0.1, 0.15) is 18.1 Å². The first kappa shape index (κ1) is 23.2. The number of rotatable bonds is 5. The van der Waals surface area contributed by atoms with Crippen LogP contribution < -0.4 is 9.47 Å². The van der Waals surface area contributed by atoms with Gasteiger partial charge in [0.25, 0.3) is 0 Å². The molecule has 2 aliphatic heterocycles. The Hall–Kier alpha value is -2.53. The number of ether oxygens (including phenoxy) is 2. The number of hydrogen-bond acceptors (Lipinski definition) is 4. The number of benzene rings is 2. The third-order valence-corrected chi connectivity index (χ3v) is 7.55. The maximum absolute atomic E-state index is 11.2. The minimum absolute atomic E-state index is 0.0464. The van der Waals surface area contributed by atoms with Crippen molar-refractivity contribution >= 4 is 17.2 Å². The Morgan fingerprint density at radius 3 is 2.76 bits per heavy atom. The fourth-order valence-corrected chi connectivity index (χ4v) is 5.33. The van der Waals surface area contributed by atoms with E-state index in [9.17, 15) is 5.11 Å². The van der Waals surface area contributed by atoms with Gasteiger partial charge in [0.2, 0.25) is 0 Å². The number of nitrogens with zero attached hydrogens (tertiary/aromatic N) is 1. The molecule has 1 atom stereocenters. The monoisotopic (exact) mass is 477 g/mol. The number of hydrogen-bond donors (Lipinski definition) is 1. The van der Waals surface area contributed by atoms with E-state index in [0.717, 1.165) is 68.0 Å². The third kappa shape index (κ3) is 4.81. The van der Waals surface area contributed by atoms with E-state index in [1.54, 1.807) is 7.11 Å². The Morgan fingerprint density at radius 2 is 2.00 bits per heavy atom. The highest BCUT2D eigenvalue weighted by Crippen LogP contribution is 2.39. The normalized spacial score (nSPS) is 22.9. The van der Waals surface area contributed by atoms with Crippen LogP contribution in [0.25, 0.3) is 5.57 Å². The predicted molar refractivity (Wildman–Crippen MR) is 138 cm³/mol. The molecule has 178 valence electrons. The third-order valence-electron chi connectivity index (χ3n) is 7.23. The Kier molecular flexibility index (Phi) is 6.82. The zero-order chi connectivity index (χ0) is 23.5. The number of alkyl halides is 1. The van der Waals surface area contributed by atoms with Crippen LogP contribution in [-0.2, 0) is 6.61 Å². The van der Waals surface area contributed by atoms with Crippen LogP contribution in [0.4, 0.5) is 0 Å². The molecule has 5 heteroatoms. The van der Waals surface area contributed by atoms with E-state index in [4.69, 9.17) is 21.1 Å². The zero-order valence-electron chi connectivity index (χ0n) is 19.7. The lowest BCUT2D eigenvalue weighted by Crippen LogP contribution is -2.45. The van der Waals surface area contributed by atoms with Crippen LogP contribution in [0.15, 0.2) is 72.3 Å². The van der Waals surface area contributed by atoms with Crippen LogP contribution in [0.3, 0.4) is 0 Å². The smallest absolute Gasteiger partial charge is 0.127 e. The van der Waals surface area contributed by atoms with Crippen molar-refractivity contribution < 1.29 is 14.6 Å². The Bertz CT molecular complexity index is 1130. The summed E-state index contributed by atoms with van der Waals surface area (Å²) in [5.74, 6) is 1.72. The molecule has 34 heavy (non-hydrogen) atoms. The van der Waals surface area contributed by atoms with E-state index in [0.29, 0.717) is 6.61 Å². The van der Waals surface area contributed by atoms with E-state index >= 15 is 0 Å². The molecule has 0 aromatic heterocycles. The van der Waals surface area contributed by atoms with Crippen molar-refractivity contribution in [3.8, 4) is 11.5 Å². The lowest BCUT2D eigenvalue weighted by atomic mass is 9.81. The summed E-state index contributed by atoms with van der Waals surface area (Å²) in [5.41, 5.74) is 4.99. The molecule has 0 spiro atoms. The molecule has 0 bridgehead atoms. The fourth-order valence-electron chi connectivity index (χ4n) is 5.17. The molecule has 1 aliphatic carbocycles. The maximum Gasteiger partial charge on any atom is 0.127 e. The average Bonchev–Trinajstić information content (AvgIpc) is 3.02. The molecular formula is C29H32ClNO3. The second-order valence-electron chi connectivity index (χ2n) is 9.36. The molecule has 0 saturated carbocycles. The predicted octanol–water partition coefficient (Wildman–Crippen LogP) is 5.73. The first-order chi connectivity index (χ1) is 16.6. The minimum Gasteiger partial charge on any atom is -0.497 e. The van der Waals surface area contributed by atoms with Gasteiger partial charge in [-0.2, -0.15) is 0 Å². The highest BCUT2D eigenvalue weighted by Gasteiger charge is 2.35. The molecule has 2 aromatic rings. The molecular weight excluding hydrogens is 446 g/mol. The van der Waals surface area contributed by atoms with Crippen molar-refractivity contribution in [3.05, 3.63) is 89.0 Å². The van der Waals surface area contributed by atoms with Gasteiger partial charge in [0, 0.05) is 25.2 Å². The molecule has 0 amide bonds. The molecule has 1 fully saturated rings. The first-order valence-corrected chi connectivity index (χ1v) is 12.6. The highest BCUT2D eigenvalue weighted by molar-refractivity contribution is 6.22. The van der Waals surface area contributed by atoms with Crippen LogP contribution in [-0.4, -0.2) is 47.7 Å². The SMILES string of the molecule is COc1ccc2c(c1)C(=CCCN1CCC(O)(C3=CCC(Cl)C=C3)CC1)c1ccccc1CO2. The number of fused-ring (bicyclic) bond motifs is 2. The van der Waals surface area contributed by atoms with Crippen LogP contribution >= 0.6 is 11.6 Å². The van der Waals surface area contributed by atoms with Crippen molar-refractivity contribution in [2.24, 2.45) is 0 Å². The Labute approximate surface area is 207 Å². The molecule has 1 N–H and O–H groups in total. The highest BCUT2D eigenvalue weighted by atomic mass is 35.5. The van der Waals surface area contributed by atoms with Gasteiger partial charge in [-0.15, -0.1) is 11.6 Å². The summed E-state index contributed by atoms with van der Waals surface area (Å²) in [6, 6.07) is 14.5. The van der Waals surface area contributed by atoms with Crippen LogP contribution in [0.2, 0.25) is 0 Å². The van der Waals surface area contributed by atoms with E-state index in [1.807, 2.05) is 24.3 Å². The second kappa shape index (κ2) is 9.99. The molecule has 5 rings (SSSR count). The second-order valence-corrected chi connectivity index (χ2v) is 9.92. The Morgan fingerprint density at radius 1 is 1.18 bits per heavy atom. The number of methoxy groups -OCH3 is 1. The number of piperidine rings is 1. The summed E-state index contributed by atoms with van der Waals surface area (Å²) in [6.07, 6.45) is 11.7. The molecule has 2 heterocycles. The number of likely N-dealkylation sites (tertiary alicyclic amines) is 1. The van der Waals surface area contributed by atoms with Crippen molar-refractivity contribution in [2.45, 2.75) is 43.3 Å². The average molecular weight is 478 g/mol. The quantitative estimate of drug-likeness (QED) is 0.558. The van der Waals surface area contributed by atoms with Crippen LogP contribution in [0.5, 0.6) is 11.5 Å². The summed E-state index contributed by atoms with van der Waals surface area (Å²) in [4.78, 5) is 2.45. The number of allylic oxidation sites excluding steroid dienone is 2. The van der Waals surface area contributed by atoms with Crippen molar-refractivity contribution in [2.75, 3.05) is 26.7 Å². The molecule has 0 radical (unpaired) electrons. The standard InChI is InChI=1S/C29H32ClNO3/c1-33-24-12-13-28-27(19-24)26(25-6-3-2-5-21(25)20-34-28)7-4-16-31-17-14-29(32,15-18-31)22-8-10-23(30)11-9-22/h2-3,5-10,12-13,19,23,32H,4,11,14-18,20H2,1H3. The summed E-state index contributed by atoms with van der Waals surface area (Å²) < 4.78 is 11.6. The van der Waals surface area contributed by atoms with Crippen molar-refractivity contribution in [1.29, 1.82) is 0 Å². The van der Waals surface area contributed by atoms with Crippen molar-refractivity contribution in [1.82, 2.24) is 4.90 Å². The van der Waals surface area contributed by atoms with Gasteiger partial charge in [0.05, 0.1) is 18.1 Å². The summed E-state index contributed by atoms with van der Waals surface area (Å²) in [7, 11) is 1.70. The molecule has 4 nitrogen and oxygen atoms in total. The van der Waals surface area contributed by atoms with Crippen LogP contribution in [0, 0.1) is 0 Å². The van der Waals surface area contributed by atoms with Gasteiger partial charge >= 0.3 is 0 Å². The van der Waals surface area contributed by atoms with E-state index < -0.39 is 5.60 Å². The number of aliphatic hydroxyl groups is 1. The summed E-state index contributed by atoms with van der Waals surface area (Å²) in [5, 5.41) is 11.2. The van der Waals surface area contributed by atoms with E-state index in [1.165, 1.54) is 16.7 Å². The van der Waals surface area contributed by atoms with Gasteiger partial charge in [-0.05, 0) is 66.2 Å². The zero-order valence-corrected chi connectivity index (χ0v) is 20.4. The van der Waals surface area contributed by atoms with Gasteiger partial charge < -0.3 is 19.5 Å². The maximum atomic E-state index is 11.2. The Balaban J connectivity index is 1.30. The van der Waals surface area contributed by atoms with Crippen molar-refractivity contribution in [3.63, 3.8) is 0 Å². The molecule has 1 unspecified atom stereocenters. The van der Waals surface area contributed by atoms with Crippen LogP contribution in [0.1, 0.15) is 42.4 Å². The molecule has 3 aliphatic rings. The van der Waals surface area contributed by atoms with Gasteiger partial charge in [-0.3, -0.25) is 0 Å². The van der Waals surface area contributed by atoms with Gasteiger partial charge in [0.15, 0.2) is 0 Å². The fraction of sp³-hybridized carbons (Fsp3) is 0.379. The first-order valence-electron chi connectivity index (χ1n) is 12.1. The van der Waals surface area contributed by atoms with E-state index in [-0.39, 0.29) is 5.38 Å². The molecule has 1 saturated heterocycles. The summed E-state index contributed by atoms with van der Waals surface area (Å²) in [6.45, 7) is 3.30. The lowest BCUT2D eigenvalue weighted by molar-refractivity contribution is 0.0123. The lowest BCUT2D eigenvalue weighted by Gasteiger charge is -2.39. The topological polar surface area (TPSA) is 41.9 Å². The summed E-state index contributed by atoms with van der Waals surface area (Å²) >= 11 is 6.16. The largest absolute Gasteiger partial charge is 0.497 e. The van der Waals surface area contributed by atoms with Gasteiger partial charge in [-0.1, -0.05) is 48.6 Å².